The lowest BCUT2D eigenvalue weighted by atomic mass is 10.3. The van der Waals surface area contributed by atoms with E-state index in [1.54, 1.807) is 13.8 Å². The van der Waals surface area contributed by atoms with Gasteiger partial charge in [0.05, 0.1) is 17.1 Å². The Bertz CT molecular complexity index is 637. The third kappa shape index (κ3) is 2.24. The standard InChI is InChI=1S/C10H13N3O4S/c1-6-10(7(2)12-11-6)13-18(15,16)9-4-3-8(5-14)17-9/h3-4,13-14H,5H2,1-2H3,(H,11,12). The zero-order chi connectivity index (χ0) is 13.3. The van der Waals surface area contributed by atoms with Crippen LogP contribution in [0.2, 0.25) is 0 Å². The monoisotopic (exact) mass is 271 g/mol. The molecule has 0 aliphatic heterocycles. The van der Waals surface area contributed by atoms with Gasteiger partial charge in [0.25, 0.3) is 10.0 Å². The Kier molecular flexibility index (Phi) is 3.14. The van der Waals surface area contributed by atoms with Crippen molar-refractivity contribution >= 4 is 15.7 Å². The van der Waals surface area contributed by atoms with Crippen molar-refractivity contribution in [3.8, 4) is 0 Å². The number of H-pyrrole nitrogens is 1. The van der Waals surface area contributed by atoms with Crippen molar-refractivity contribution in [2.45, 2.75) is 25.5 Å². The number of nitrogens with one attached hydrogen (secondary N) is 2. The molecule has 2 heterocycles. The van der Waals surface area contributed by atoms with E-state index in [4.69, 9.17) is 9.52 Å². The number of furan rings is 1. The summed E-state index contributed by atoms with van der Waals surface area (Å²) in [5, 5.41) is 15.2. The topological polar surface area (TPSA) is 108 Å². The second-order valence-corrected chi connectivity index (χ2v) is 5.41. The van der Waals surface area contributed by atoms with Crippen LogP contribution in [0.25, 0.3) is 0 Å². The Morgan fingerprint density at radius 3 is 2.67 bits per heavy atom. The molecular weight excluding hydrogens is 258 g/mol. The number of aliphatic hydroxyl groups is 1. The normalized spacial score (nSPS) is 11.7. The summed E-state index contributed by atoms with van der Waals surface area (Å²) in [5.74, 6) is 0.191. The molecule has 3 N–H and O–H groups in total. The summed E-state index contributed by atoms with van der Waals surface area (Å²) >= 11 is 0. The first-order valence-corrected chi connectivity index (χ1v) is 6.66. The van der Waals surface area contributed by atoms with Gasteiger partial charge in [0, 0.05) is 0 Å². The van der Waals surface area contributed by atoms with E-state index in [9.17, 15) is 8.42 Å². The molecule has 0 saturated heterocycles. The second kappa shape index (κ2) is 4.46. The number of aromatic amines is 1. The van der Waals surface area contributed by atoms with Crippen LogP contribution in [-0.2, 0) is 16.6 Å². The molecule has 0 amide bonds. The van der Waals surface area contributed by atoms with Gasteiger partial charge in [0.15, 0.2) is 0 Å². The molecule has 2 aromatic rings. The third-order valence-corrected chi connectivity index (χ3v) is 3.64. The van der Waals surface area contributed by atoms with Gasteiger partial charge in [-0.2, -0.15) is 13.5 Å². The van der Waals surface area contributed by atoms with Gasteiger partial charge in [0.2, 0.25) is 5.09 Å². The highest BCUT2D eigenvalue weighted by atomic mass is 32.2. The van der Waals surface area contributed by atoms with Crippen LogP contribution >= 0.6 is 0 Å². The summed E-state index contributed by atoms with van der Waals surface area (Å²) in [6, 6.07) is 2.70. The number of hydrogen-bond acceptors (Lipinski definition) is 5. The van der Waals surface area contributed by atoms with Crippen molar-refractivity contribution in [2.75, 3.05) is 4.72 Å². The number of aliphatic hydroxyl groups excluding tert-OH is 1. The number of hydrogen-bond donors (Lipinski definition) is 3. The lowest BCUT2D eigenvalue weighted by Gasteiger charge is -2.05. The fraction of sp³-hybridized carbons (Fsp3) is 0.300. The molecule has 98 valence electrons. The van der Waals surface area contributed by atoms with E-state index >= 15 is 0 Å². The van der Waals surface area contributed by atoms with Gasteiger partial charge in [-0.15, -0.1) is 0 Å². The Morgan fingerprint density at radius 1 is 1.44 bits per heavy atom. The molecular formula is C10H13N3O4S. The number of rotatable bonds is 4. The van der Waals surface area contributed by atoms with E-state index < -0.39 is 10.0 Å². The smallest absolute Gasteiger partial charge is 0.295 e. The zero-order valence-corrected chi connectivity index (χ0v) is 10.7. The minimum atomic E-state index is -3.81. The van der Waals surface area contributed by atoms with Crippen LogP contribution in [0.15, 0.2) is 21.6 Å². The first-order chi connectivity index (χ1) is 8.44. The molecule has 0 bridgehead atoms. The van der Waals surface area contributed by atoms with Crippen LogP contribution < -0.4 is 4.72 Å². The zero-order valence-electron chi connectivity index (χ0n) is 9.89. The van der Waals surface area contributed by atoms with Crippen LogP contribution in [0, 0.1) is 13.8 Å². The lowest BCUT2D eigenvalue weighted by Crippen LogP contribution is -2.13. The summed E-state index contributed by atoms with van der Waals surface area (Å²) in [5.41, 5.74) is 1.56. The van der Waals surface area contributed by atoms with Gasteiger partial charge in [0.1, 0.15) is 12.4 Å². The molecule has 0 aliphatic rings. The second-order valence-electron chi connectivity index (χ2n) is 3.79. The summed E-state index contributed by atoms with van der Waals surface area (Å²) in [4.78, 5) is 0. The van der Waals surface area contributed by atoms with Crippen LogP contribution in [0.4, 0.5) is 5.69 Å². The summed E-state index contributed by atoms with van der Waals surface area (Å²) in [6.07, 6.45) is 0. The maximum absolute atomic E-state index is 12.0. The fourth-order valence-corrected chi connectivity index (χ4v) is 2.61. The number of nitrogens with zero attached hydrogens (tertiary/aromatic N) is 1. The Labute approximate surface area is 104 Å². The predicted octanol–water partition coefficient (Wildman–Crippen LogP) is 0.913. The van der Waals surface area contributed by atoms with Crippen LogP contribution in [0.1, 0.15) is 17.1 Å². The van der Waals surface area contributed by atoms with Crippen LogP contribution in [0.5, 0.6) is 0 Å². The van der Waals surface area contributed by atoms with Crippen molar-refractivity contribution in [3.05, 3.63) is 29.3 Å². The maximum Gasteiger partial charge on any atom is 0.295 e. The molecule has 0 saturated carbocycles. The van der Waals surface area contributed by atoms with E-state index in [0.717, 1.165) is 0 Å². The van der Waals surface area contributed by atoms with Gasteiger partial charge in [-0.3, -0.25) is 9.82 Å². The summed E-state index contributed by atoms with van der Waals surface area (Å²) in [6.45, 7) is 3.04. The van der Waals surface area contributed by atoms with Crippen LogP contribution in [0.3, 0.4) is 0 Å². The van der Waals surface area contributed by atoms with Gasteiger partial charge in [-0.25, -0.2) is 0 Å². The first-order valence-electron chi connectivity index (χ1n) is 5.18. The molecule has 2 aromatic heterocycles. The number of sulfonamides is 1. The average Bonchev–Trinajstić information content (AvgIpc) is 2.91. The van der Waals surface area contributed by atoms with Crippen molar-refractivity contribution in [1.82, 2.24) is 10.2 Å². The molecule has 2 rings (SSSR count). The quantitative estimate of drug-likeness (QED) is 0.766. The third-order valence-electron chi connectivity index (χ3n) is 2.42. The van der Waals surface area contributed by atoms with Crippen molar-refractivity contribution in [2.24, 2.45) is 0 Å². The minimum Gasteiger partial charge on any atom is -0.445 e. The van der Waals surface area contributed by atoms with Gasteiger partial charge in [-0.1, -0.05) is 0 Å². The van der Waals surface area contributed by atoms with E-state index in [1.807, 2.05) is 0 Å². The van der Waals surface area contributed by atoms with Crippen molar-refractivity contribution in [1.29, 1.82) is 0 Å². The summed E-state index contributed by atoms with van der Waals surface area (Å²) < 4.78 is 31.4. The first kappa shape index (κ1) is 12.7. The Hall–Kier alpha value is -1.80. The lowest BCUT2D eigenvalue weighted by molar-refractivity contribution is 0.236. The maximum atomic E-state index is 12.0. The molecule has 0 unspecified atom stereocenters. The van der Waals surface area contributed by atoms with E-state index in [-0.39, 0.29) is 17.5 Å². The molecule has 0 fully saturated rings. The summed E-state index contributed by atoms with van der Waals surface area (Å²) in [7, 11) is -3.81. The molecule has 0 radical (unpaired) electrons. The molecule has 0 spiro atoms. The highest BCUT2D eigenvalue weighted by molar-refractivity contribution is 7.92. The van der Waals surface area contributed by atoms with Crippen LogP contribution in [-0.4, -0.2) is 23.7 Å². The Morgan fingerprint density at radius 2 is 2.17 bits per heavy atom. The Balaban J connectivity index is 2.33. The van der Waals surface area contributed by atoms with Crippen molar-refractivity contribution in [3.63, 3.8) is 0 Å². The minimum absolute atomic E-state index is 0.191. The largest absolute Gasteiger partial charge is 0.445 e. The van der Waals surface area contributed by atoms with E-state index in [2.05, 4.69) is 14.9 Å². The number of aromatic nitrogens is 2. The molecule has 0 atom stereocenters. The van der Waals surface area contributed by atoms with Gasteiger partial charge in [-0.05, 0) is 26.0 Å². The number of aryl methyl sites for hydroxylation is 2. The highest BCUT2D eigenvalue weighted by Crippen LogP contribution is 2.22. The van der Waals surface area contributed by atoms with Crippen molar-refractivity contribution < 1.29 is 17.9 Å². The molecule has 0 aromatic carbocycles. The average molecular weight is 271 g/mol. The molecule has 18 heavy (non-hydrogen) atoms. The fourth-order valence-electron chi connectivity index (χ4n) is 1.47. The van der Waals surface area contributed by atoms with Gasteiger partial charge >= 0.3 is 0 Å². The SMILES string of the molecule is Cc1n[nH]c(C)c1NS(=O)(=O)c1ccc(CO)o1. The predicted molar refractivity (Wildman–Crippen MR) is 63.5 cm³/mol. The molecule has 0 aliphatic carbocycles. The molecule has 8 heteroatoms. The molecule has 7 nitrogen and oxygen atoms in total. The van der Waals surface area contributed by atoms with Gasteiger partial charge < -0.3 is 9.52 Å². The number of anilines is 1. The highest BCUT2D eigenvalue weighted by Gasteiger charge is 2.21. The van der Waals surface area contributed by atoms with E-state index in [0.29, 0.717) is 17.1 Å². The van der Waals surface area contributed by atoms with E-state index in [1.165, 1.54) is 12.1 Å².